The number of ether oxygens (including phenoxy) is 2. The third-order valence-electron chi connectivity index (χ3n) is 4.40. The van der Waals surface area contributed by atoms with E-state index in [1.165, 1.54) is 10.9 Å². The Labute approximate surface area is 148 Å². The fourth-order valence-electron chi connectivity index (χ4n) is 3.00. The summed E-state index contributed by atoms with van der Waals surface area (Å²) in [6, 6.07) is 5.59. The summed E-state index contributed by atoms with van der Waals surface area (Å²) in [7, 11) is 0. The number of aromatic nitrogens is 3. The molecule has 2 aliphatic rings. The quantitative estimate of drug-likeness (QED) is 0.792. The molecule has 2 heterocycles. The maximum atomic E-state index is 12.4. The highest BCUT2D eigenvalue weighted by atomic mass is 16.6. The van der Waals surface area contributed by atoms with Crippen LogP contribution in [-0.2, 0) is 11.3 Å². The van der Waals surface area contributed by atoms with Gasteiger partial charge in [-0.25, -0.2) is 9.48 Å². The van der Waals surface area contributed by atoms with Crippen molar-refractivity contribution in [3.05, 3.63) is 35.7 Å². The summed E-state index contributed by atoms with van der Waals surface area (Å²) in [6.45, 7) is 0.953. The molecule has 1 aliphatic heterocycles. The van der Waals surface area contributed by atoms with Gasteiger partial charge < -0.3 is 19.9 Å². The minimum Gasteiger partial charge on any atom is -0.486 e. The van der Waals surface area contributed by atoms with Crippen molar-refractivity contribution in [2.24, 2.45) is 5.92 Å². The number of benzene rings is 1. The van der Waals surface area contributed by atoms with Crippen LogP contribution in [0, 0.1) is 5.92 Å². The average Bonchev–Trinajstić information content (AvgIpc) is 3.37. The van der Waals surface area contributed by atoms with Gasteiger partial charge in [0.2, 0.25) is 5.91 Å². The third-order valence-corrected chi connectivity index (χ3v) is 4.40. The van der Waals surface area contributed by atoms with Gasteiger partial charge in [-0.1, -0.05) is 11.3 Å². The molecule has 1 aromatic carbocycles. The zero-order valence-electron chi connectivity index (χ0n) is 13.9. The number of aromatic carboxylic acids is 1. The summed E-state index contributed by atoms with van der Waals surface area (Å²) in [5.74, 6) is 0.356. The minimum atomic E-state index is -1.18. The van der Waals surface area contributed by atoms with Crippen molar-refractivity contribution in [3.63, 3.8) is 0 Å². The van der Waals surface area contributed by atoms with Crippen LogP contribution in [0.3, 0.4) is 0 Å². The number of rotatable bonds is 6. The highest BCUT2D eigenvalue weighted by Crippen LogP contribution is 2.43. The standard InChI is InChI=1S/C17H18N4O5/c22-15(9-21-8-12(17(23)24)19-20-21)18-16(10-1-2-10)11-3-4-13-14(7-11)26-6-5-25-13/h3-4,7-8,10,16H,1-2,5-6,9H2,(H,18,22)(H,23,24). The highest BCUT2D eigenvalue weighted by Gasteiger charge is 2.34. The topological polar surface area (TPSA) is 116 Å². The second-order valence-electron chi connectivity index (χ2n) is 6.39. The molecule has 0 saturated heterocycles. The molecular formula is C17H18N4O5. The van der Waals surface area contributed by atoms with E-state index in [1.807, 2.05) is 18.2 Å². The lowest BCUT2D eigenvalue weighted by Crippen LogP contribution is -2.33. The van der Waals surface area contributed by atoms with E-state index in [2.05, 4.69) is 15.6 Å². The first-order valence-corrected chi connectivity index (χ1v) is 8.42. The van der Waals surface area contributed by atoms with E-state index < -0.39 is 5.97 Å². The van der Waals surface area contributed by atoms with E-state index >= 15 is 0 Å². The number of carboxylic acids is 1. The lowest BCUT2D eigenvalue weighted by molar-refractivity contribution is -0.122. The van der Waals surface area contributed by atoms with Crippen LogP contribution >= 0.6 is 0 Å². The summed E-state index contributed by atoms with van der Waals surface area (Å²) in [4.78, 5) is 23.2. The first-order chi connectivity index (χ1) is 12.6. The molecule has 136 valence electrons. The second kappa shape index (κ2) is 6.66. The number of hydrogen-bond acceptors (Lipinski definition) is 6. The number of nitrogens with zero attached hydrogens (tertiary/aromatic N) is 3. The maximum absolute atomic E-state index is 12.4. The first-order valence-electron chi connectivity index (χ1n) is 8.42. The molecule has 1 fully saturated rings. The number of carbonyl (C=O) groups excluding carboxylic acids is 1. The molecule has 1 unspecified atom stereocenters. The zero-order chi connectivity index (χ0) is 18.1. The Kier molecular flexibility index (Phi) is 4.19. The van der Waals surface area contributed by atoms with Crippen molar-refractivity contribution in [1.82, 2.24) is 20.3 Å². The predicted octanol–water partition coefficient (Wildman–Crippen LogP) is 1.01. The molecule has 1 atom stereocenters. The molecule has 0 bridgehead atoms. The van der Waals surface area contributed by atoms with E-state index in [9.17, 15) is 9.59 Å². The van der Waals surface area contributed by atoms with Crippen LogP contribution in [0.1, 0.15) is 34.9 Å². The Morgan fingerprint density at radius 3 is 2.73 bits per heavy atom. The number of carboxylic acid groups (broad SMARTS) is 1. The summed E-state index contributed by atoms with van der Waals surface area (Å²) in [5, 5.41) is 19.1. The molecule has 2 N–H and O–H groups in total. The second-order valence-corrected chi connectivity index (χ2v) is 6.39. The summed E-state index contributed by atoms with van der Waals surface area (Å²) in [5.41, 5.74) is 0.776. The third kappa shape index (κ3) is 3.46. The molecule has 1 aliphatic carbocycles. The Balaban J connectivity index is 1.46. The maximum Gasteiger partial charge on any atom is 0.358 e. The molecule has 1 aromatic heterocycles. The molecule has 9 nitrogen and oxygen atoms in total. The van der Waals surface area contributed by atoms with E-state index in [0.717, 1.165) is 18.4 Å². The molecular weight excluding hydrogens is 340 g/mol. The molecule has 26 heavy (non-hydrogen) atoms. The summed E-state index contributed by atoms with van der Waals surface area (Å²) >= 11 is 0. The van der Waals surface area contributed by atoms with E-state index in [-0.39, 0.29) is 24.2 Å². The number of hydrogen-bond donors (Lipinski definition) is 2. The molecule has 9 heteroatoms. The average molecular weight is 358 g/mol. The SMILES string of the molecule is O=C(Cn1cc(C(=O)O)nn1)NC(c1ccc2c(c1)OCCO2)C1CC1. The van der Waals surface area contributed by atoms with Gasteiger partial charge in [0.25, 0.3) is 0 Å². The number of nitrogens with one attached hydrogen (secondary N) is 1. The Morgan fingerprint density at radius 2 is 2.04 bits per heavy atom. The Morgan fingerprint density at radius 1 is 1.27 bits per heavy atom. The Bertz CT molecular complexity index is 845. The van der Waals surface area contributed by atoms with Gasteiger partial charge in [0.05, 0.1) is 12.2 Å². The van der Waals surface area contributed by atoms with E-state index in [0.29, 0.717) is 30.6 Å². The van der Waals surface area contributed by atoms with Gasteiger partial charge in [0.1, 0.15) is 19.8 Å². The van der Waals surface area contributed by atoms with Crippen LogP contribution in [0.2, 0.25) is 0 Å². The van der Waals surface area contributed by atoms with Crippen molar-refractivity contribution in [2.45, 2.75) is 25.4 Å². The van der Waals surface area contributed by atoms with Gasteiger partial charge in [-0.2, -0.15) is 0 Å². The zero-order valence-corrected chi connectivity index (χ0v) is 13.9. The van der Waals surface area contributed by atoms with Crippen LogP contribution in [0.4, 0.5) is 0 Å². The van der Waals surface area contributed by atoms with Gasteiger partial charge in [-0.05, 0) is 36.5 Å². The monoisotopic (exact) mass is 358 g/mol. The minimum absolute atomic E-state index is 0.0892. The van der Waals surface area contributed by atoms with Crippen LogP contribution in [0.25, 0.3) is 0 Å². The Hall–Kier alpha value is -3.10. The van der Waals surface area contributed by atoms with Crippen molar-refractivity contribution < 1.29 is 24.2 Å². The van der Waals surface area contributed by atoms with Gasteiger partial charge in [-0.3, -0.25) is 4.79 Å². The molecule has 2 aromatic rings. The largest absolute Gasteiger partial charge is 0.486 e. The number of fused-ring (bicyclic) bond motifs is 1. The van der Waals surface area contributed by atoms with Gasteiger partial charge in [0, 0.05) is 0 Å². The van der Waals surface area contributed by atoms with E-state index in [4.69, 9.17) is 14.6 Å². The first kappa shape index (κ1) is 16.4. The van der Waals surface area contributed by atoms with E-state index in [1.54, 1.807) is 0 Å². The van der Waals surface area contributed by atoms with Crippen LogP contribution in [-0.4, -0.2) is 45.2 Å². The molecule has 0 spiro atoms. The smallest absolute Gasteiger partial charge is 0.358 e. The molecule has 4 rings (SSSR count). The predicted molar refractivity (Wildman–Crippen MR) is 88.0 cm³/mol. The number of amides is 1. The lowest BCUT2D eigenvalue weighted by Gasteiger charge is -2.23. The number of carbonyl (C=O) groups is 2. The normalized spacial score (nSPS) is 16.8. The molecule has 1 saturated carbocycles. The molecule has 1 amide bonds. The van der Waals surface area contributed by atoms with Crippen LogP contribution in [0.5, 0.6) is 11.5 Å². The summed E-state index contributed by atoms with van der Waals surface area (Å²) < 4.78 is 12.4. The highest BCUT2D eigenvalue weighted by molar-refractivity contribution is 5.84. The van der Waals surface area contributed by atoms with Crippen molar-refractivity contribution >= 4 is 11.9 Å². The van der Waals surface area contributed by atoms with Crippen LogP contribution < -0.4 is 14.8 Å². The van der Waals surface area contributed by atoms with Gasteiger partial charge in [0.15, 0.2) is 17.2 Å². The van der Waals surface area contributed by atoms with Gasteiger partial charge >= 0.3 is 5.97 Å². The van der Waals surface area contributed by atoms with Crippen LogP contribution in [0.15, 0.2) is 24.4 Å². The van der Waals surface area contributed by atoms with Gasteiger partial charge in [-0.15, -0.1) is 5.10 Å². The fourth-order valence-corrected chi connectivity index (χ4v) is 3.00. The lowest BCUT2D eigenvalue weighted by atomic mass is 10.0. The summed E-state index contributed by atoms with van der Waals surface area (Å²) in [6.07, 6.45) is 3.33. The fraction of sp³-hybridized carbons (Fsp3) is 0.412. The van der Waals surface area contributed by atoms with Crippen molar-refractivity contribution in [1.29, 1.82) is 0 Å². The molecule has 0 radical (unpaired) electrons. The van der Waals surface area contributed by atoms with Crippen molar-refractivity contribution in [2.75, 3.05) is 13.2 Å². The van der Waals surface area contributed by atoms with Crippen molar-refractivity contribution in [3.8, 4) is 11.5 Å².